The topological polar surface area (TPSA) is 51.7 Å². The molecule has 5 nitrogen and oxygen atoms in total. The average molecular weight is 390 g/mol. The number of pyridine rings is 1. The number of nitrogens with zero attached hydrogens (tertiary/aromatic N) is 2. The smallest absolute Gasteiger partial charge is 0.254 e. The van der Waals surface area contributed by atoms with Gasteiger partial charge in [-0.2, -0.15) is 0 Å². The Morgan fingerprint density at radius 3 is 2.62 bits per heavy atom. The van der Waals surface area contributed by atoms with Gasteiger partial charge in [-0.3, -0.25) is 4.79 Å². The molecular formula is C24H26N2O3. The largest absolute Gasteiger partial charge is 0.494 e. The Bertz CT molecular complexity index is 1020. The quantitative estimate of drug-likeness (QED) is 0.656. The summed E-state index contributed by atoms with van der Waals surface area (Å²) in [6.07, 6.45) is 0.0521. The maximum absolute atomic E-state index is 13.5. The van der Waals surface area contributed by atoms with Crippen LogP contribution in [0.5, 0.6) is 5.75 Å². The molecule has 2 aromatic carbocycles. The maximum atomic E-state index is 13.5. The van der Waals surface area contributed by atoms with Gasteiger partial charge in [-0.15, -0.1) is 0 Å². The minimum Gasteiger partial charge on any atom is -0.494 e. The molecule has 2 atom stereocenters. The zero-order valence-corrected chi connectivity index (χ0v) is 17.1. The molecular weight excluding hydrogens is 364 g/mol. The minimum absolute atomic E-state index is 0.0211. The third kappa shape index (κ3) is 4.10. The highest BCUT2D eigenvalue weighted by atomic mass is 16.5. The Labute approximate surface area is 171 Å². The average Bonchev–Trinajstić information content (AvgIpc) is 2.72. The van der Waals surface area contributed by atoms with Gasteiger partial charge in [0.1, 0.15) is 5.75 Å². The van der Waals surface area contributed by atoms with E-state index in [1.54, 1.807) is 0 Å². The molecule has 0 spiro atoms. The van der Waals surface area contributed by atoms with E-state index in [1.807, 2.05) is 80.3 Å². The van der Waals surface area contributed by atoms with Gasteiger partial charge in [0.2, 0.25) is 0 Å². The predicted octanol–water partition coefficient (Wildman–Crippen LogP) is 4.55. The number of aromatic nitrogens is 1. The van der Waals surface area contributed by atoms with Crippen LogP contribution < -0.4 is 4.74 Å². The highest BCUT2D eigenvalue weighted by Gasteiger charge is 2.28. The van der Waals surface area contributed by atoms with Crippen LogP contribution in [0.1, 0.15) is 31.1 Å². The first-order valence-corrected chi connectivity index (χ1v) is 10.1. The summed E-state index contributed by atoms with van der Waals surface area (Å²) in [4.78, 5) is 20.2. The van der Waals surface area contributed by atoms with Crippen LogP contribution in [0.3, 0.4) is 0 Å². The molecule has 0 saturated carbocycles. The van der Waals surface area contributed by atoms with E-state index < -0.39 is 0 Å². The maximum Gasteiger partial charge on any atom is 0.254 e. The fraction of sp³-hybridized carbons (Fsp3) is 0.333. The summed E-state index contributed by atoms with van der Waals surface area (Å²) in [7, 11) is 0. The number of fused-ring (bicyclic) bond motifs is 1. The number of ether oxygens (including phenoxy) is 2. The van der Waals surface area contributed by atoms with Crippen molar-refractivity contribution in [3.8, 4) is 17.0 Å². The number of amides is 1. The molecule has 5 heteroatoms. The predicted molar refractivity (Wildman–Crippen MR) is 114 cm³/mol. The minimum atomic E-state index is 0.0211. The number of hydrogen-bond acceptors (Lipinski definition) is 4. The highest BCUT2D eigenvalue weighted by molar-refractivity contribution is 6.07. The number of carbonyl (C=O) groups excluding carboxylic acids is 1. The van der Waals surface area contributed by atoms with E-state index in [-0.39, 0.29) is 18.1 Å². The van der Waals surface area contributed by atoms with Crippen molar-refractivity contribution in [1.82, 2.24) is 9.88 Å². The van der Waals surface area contributed by atoms with Crippen LogP contribution in [-0.4, -0.2) is 47.7 Å². The van der Waals surface area contributed by atoms with Crippen molar-refractivity contribution in [2.75, 3.05) is 19.7 Å². The number of para-hydroxylation sites is 1. The van der Waals surface area contributed by atoms with Crippen molar-refractivity contribution in [3.05, 3.63) is 60.2 Å². The molecule has 0 radical (unpaired) electrons. The van der Waals surface area contributed by atoms with Crippen molar-refractivity contribution in [1.29, 1.82) is 0 Å². The summed E-state index contributed by atoms with van der Waals surface area (Å²) >= 11 is 0. The van der Waals surface area contributed by atoms with Crippen LogP contribution in [0.25, 0.3) is 22.2 Å². The monoisotopic (exact) mass is 390 g/mol. The summed E-state index contributed by atoms with van der Waals surface area (Å²) in [6, 6.07) is 17.5. The van der Waals surface area contributed by atoms with Crippen molar-refractivity contribution < 1.29 is 14.3 Å². The first-order valence-electron chi connectivity index (χ1n) is 10.1. The second-order valence-corrected chi connectivity index (χ2v) is 7.50. The zero-order chi connectivity index (χ0) is 20.4. The van der Waals surface area contributed by atoms with Gasteiger partial charge >= 0.3 is 0 Å². The molecule has 0 aliphatic carbocycles. The lowest BCUT2D eigenvalue weighted by Gasteiger charge is -2.35. The van der Waals surface area contributed by atoms with Crippen LogP contribution in [0.2, 0.25) is 0 Å². The number of rotatable bonds is 4. The normalized spacial score (nSPS) is 19.3. The van der Waals surface area contributed by atoms with Gasteiger partial charge in [-0.25, -0.2) is 4.98 Å². The van der Waals surface area contributed by atoms with E-state index in [0.29, 0.717) is 25.3 Å². The SMILES string of the molecule is CCOc1cccc(-c2cc(C(=O)N3C[C@@H](C)O[C@H](C)C3)c3ccccc3n2)c1. The molecule has 2 heterocycles. The highest BCUT2D eigenvalue weighted by Crippen LogP contribution is 2.28. The van der Waals surface area contributed by atoms with Gasteiger partial charge in [-0.1, -0.05) is 30.3 Å². The van der Waals surface area contributed by atoms with Crippen LogP contribution in [0, 0.1) is 0 Å². The van der Waals surface area contributed by atoms with Gasteiger partial charge in [0, 0.05) is 24.0 Å². The molecule has 1 amide bonds. The van der Waals surface area contributed by atoms with Crippen LogP contribution in [0.15, 0.2) is 54.6 Å². The second-order valence-electron chi connectivity index (χ2n) is 7.50. The zero-order valence-electron chi connectivity index (χ0n) is 17.1. The van der Waals surface area contributed by atoms with Crippen molar-refractivity contribution >= 4 is 16.8 Å². The van der Waals surface area contributed by atoms with Gasteiger partial charge in [0.15, 0.2) is 0 Å². The van der Waals surface area contributed by atoms with Crippen LogP contribution >= 0.6 is 0 Å². The van der Waals surface area contributed by atoms with Crippen molar-refractivity contribution in [3.63, 3.8) is 0 Å². The number of carbonyl (C=O) groups is 1. The molecule has 1 aromatic heterocycles. The first kappa shape index (κ1) is 19.4. The molecule has 1 aliphatic heterocycles. The second kappa shape index (κ2) is 8.21. The Morgan fingerprint density at radius 2 is 1.86 bits per heavy atom. The molecule has 0 bridgehead atoms. The van der Waals surface area contributed by atoms with E-state index >= 15 is 0 Å². The van der Waals surface area contributed by atoms with Crippen molar-refractivity contribution in [2.24, 2.45) is 0 Å². The van der Waals surface area contributed by atoms with E-state index in [4.69, 9.17) is 14.5 Å². The number of morpholine rings is 1. The lowest BCUT2D eigenvalue weighted by atomic mass is 10.0. The molecule has 0 N–H and O–H groups in total. The Balaban J connectivity index is 1.79. The van der Waals surface area contributed by atoms with E-state index in [0.717, 1.165) is 27.9 Å². The molecule has 4 rings (SSSR count). The Kier molecular flexibility index (Phi) is 5.49. The molecule has 1 fully saturated rings. The fourth-order valence-electron chi connectivity index (χ4n) is 3.93. The van der Waals surface area contributed by atoms with Gasteiger partial charge < -0.3 is 14.4 Å². The lowest BCUT2D eigenvalue weighted by molar-refractivity contribution is -0.0585. The third-order valence-corrected chi connectivity index (χ3v) is 5.09. The summed E-state index contributed by atoms with van der Waals surface area (Å²) < 4.78 is 11.4. The lowest BCUT2D eigenvalue weighted by Crippen LogP contribution is -2.48. The Hall–Kier alpha value is -2.92. The van der Waals surface area contributed by atoms with E-state index in [1.165, 1.54) is 0 Å². The molecule has 0 unspecified atom stereocenters. The molecule has 1 saturated heterocycles. The van der Waals surface area contributed by atoms with Crippen LogP contribution in [0.4, 0.5) is 0 Å². The molecule has 150 valence electrons. The summed E-state index contributed by atoms with van der Waals surface area (Å²) in [5, 5.41) is 0.869. The van der Waals surface area contributed by atoms with E-state index in [2.05, 4.69) is 0 Å². The van der Waals surface area contributed by atoms with Crippen LogP contribution in [-0.2, 0) is 4.74 Å². The first-order chi connectivity index (χ1) is 14.0. The standard InChI is InChI=1S/C24H26N2O3/c1-4-28-19-9-7-8-18(12-19)23-13-21(20-10-5-6-11-22(20)25-23)24(27)26-14-16(2)29-17(3)15-26/h5-13,16-17H,4,14-15H2,1-3H3/t16-,17-/m1/s1. The van der Waals surface area contributed by atoms with Gasteiger partial charge in [-0.05, 0) is 45.0 Å². The number of benzene rings is 2. The van der Waals surface area contributed by atoms with E-state index in [9.17, 15) is 4.79 Å². The van der Waals surface area contributed by atoms with Gasteiger partial charge in [0.05, 0.1) is 35.6 Å². The molecule has 1 aliphatic rings. The Morgan fingerprint density at radius 1 is 1.10 bits per heavy atom. The summed E-state index contributed by atoms with van der Waals surface area (Å²) in [5.41, 5.74) is 3.18. The fourth-order valence-corrected chi connectivity index (χ4v) is 3.93. The molecule has 29 heavy (non-hydrogen) atoms. The number of hydrogen-bond donors (Lipinski definition) is 0. The third-order valence-electron chi connectivity index (χ3n) is 5.09. The van der Waals surface area contributed by atoms with Gasteiger partial charge in [0.25, 0.3) is 5.91 Å². The van der Waals surface area contributed by atoms with Crippen molar-refractivity contribution in [2.45, 2.75) is 33.0 Å². The summed E-state index contributed by atoms with van der Waals surface area (Å²) in [5.74, 6) is 0.816. The summed E-state index contributed by atoms with van der Waals surface area (Å²) in [6.45, 7) is 7.76. The molecule has 3 aromatic rings.